The number of hydrogen-bond donors (Lipinski definition) is 3. The third-order valence-corrected chi connectivity index (χ3v) is 4.92. The second-order valence-corrected chi connectivity index (χ2v) is 6.78. The second-order valence-electron chi connectivity index (χ2n) is 6.78. The molecule has 0 aliphatic rings. The number of nitrogens with zero attached hydrogens (tertiary/aromatic N) is 2. The minimum Gasteiger partial charge on any atom is -0.492 e. The van der Waals surface area contributed by atoms with Gasteiger partial charge in [-0.3, -0.25) is 4.79 Å². The maximum Gasteiger partial charge on any atom is 0.363 e. The van der Waals surface area contributed by atoms with Crippen LogP contribution in [-0.4, -0.2) is 57.9 Å². The number of carbonyl (C=O) groups excluding carboxylic acids is 2. The number of hydrogen-bond acceptors (Lipinski definition) is 6. The number of likely N-dealkylation sites (N-methyl/N-ethyl adjacent to an activating group) is 1. The number of rotatable bonds is 8. The summed E-state index contributed by atoms with van der Waals surface area (Å²) in [5.41, 5.74) is 0.783. The summed E-state index contributed by atoms with van der Waals surface area (Å²) in [5.74, 6) is -1.67. The van der Waals surface area contributed by atoms with Crippen LogP contribution >= 0.6 is 0 Å². The molecular weight excluding hydrogens is 386 g/mol. The average Bonchev–Trinajstić information content (AvgIpc) is 3.07. The molecule has 0 bridgehead atoms. The zero-order chi connectivity index (χ0) is 21.7. The number of amides is 1. The molecule has 0 radical (unpaired) electrons. The topological polar surface area (TPSA) is 104 Å². The first-order chi connectivity index (χ1) is 14.4. The van der Waals surface area contributed by atoms with Crippen molar-refractivity contribution in [1.82, 2.24) is 14.9 Å². The normalized spacial score (nSPS) is 11.0. The van der Waals surface area contributed by atoms with Crippen molar-refractivity contribution in [2.45, 2.75) is 13.8 Å². The predicted molar refractivity (Wildman–Crippen MR) is 113 cm³/mol. The van der Waals surface area contributed by atoms with Gasteiger partial charge in [0, 0.05) is 30.8 Å². The van der Waals surface area contributed by atoms with Crippen molar-refractivity contribution in [3.8, 4) is 11.8 Å². The van der Waals surface area contributed by atoms with E-state index in [1.54, 1.807) is 36.4 Å². The summed E-state index contributed by atoms with van der Waals surface area (Å²) in [6.45, 7) is 7.42. The van der Waals surface area contributed by atoms with E-state index in [1.807, 2.05) is 0 Å². The first kappa shape index (κ1) is 21.2. The van der Waals surface area contributed by atoms with Crippen LogP contribution in [0.25, 0.3) is 10.8 Å². The van der Waals surface area contributed by atoms with E-state index in [0.29, 0.717) is 16.8 Å². The molecule has 2 aromatic carbocycles. The molecule has 0 atom stereocenters. The van der Waals surface area contributed by atoms with Crippen molar-refractivity contribution in [2.24, 2.45) is 0 Å². The van der Waals surface area contributed by atoms with Crippen LogP contribution in [0.2, 0.25) is 0 Å². The molecule has 8 heteroatoms. The van der Waals surface area contributed by atoms with E-state index in [4.69, 9.17) is 4.84 Å². The predicted octanol–water partition coefficient (Wildman–Crippen LogP) is 2.39. The Balaban J connectivity index is 1.69. The monoisotopic (exact) mass is 411 g/mol. The van der Waals surface area contributed by atoms with Gasteiger partial charge in [-0.1, -0.05) is 26.0 Å². The maximum atomic E-state index is 12.4. The van der Waals surface area contributed by atoms with E-state index in [-0.39, 0.29) is 11.5 Å². The molecule has 0 saturated heterocycles. The SMILES string of the molecule is CCN(CC)CCNC(=O)c1ccc2cc(C(=O)On3c(O)ccc3O)ccc2c1. The fraction of sp³-hybridized carbons (Fsp3) is 0.273. The number of nitrogens with one attached hydrogen (secondary N) is 1. The fourth-order valence-corrected chi connectivity index (χ4v) is 3.11. The molecule has 3 rings (SSSR count). The molecule has 0 saturated carbocycles. The van der Waals surface area contributed by atoms with Crippen LogP contribution in [0, 0.1) is 0 Å². The molecule has 0 unspecified atom stereocenters. The summed E-state index contributed by atoms with van der Waals surface area (Å²) in [7, 11) is 0. The van der Waals surface area contributed by atoms with Gasteiger partial charge in [-0.15, -0.1) is 4.73 Å². The van der Waals surface area contributed by atoms with Crippen molar-refractivity contribution < 1.29 is 24.6 Å². The van der Waals surface area contributed by atoms with E-state index in [9.17, 15) is 19.8 Å². The van der Waals surface area contributed by atoms with Crippen LogP contribution in [0.15, 0.2) is 48.5 Å². The van der Waals surface area contributed by atoms with Crippen LogP contribution in [0.1, 0.15) is 34.6 Å². The Morgan fingerprint density at radius 3 is 2.10 bits per heavy atom. The van der Waals surface area contributed by atoms with Gasteiger partial charge in [0.25, 0.3) is 5.91 Å². The highest BCUT2D eigenvalue weighted by Crippen LogP contribution is 2.21. The van der Waals surface area contributed by atoms with Gasteiger partial charge in [0.2, 0.25) is 11.8 Å². The molecule has 0 aliphatic heterocycles. The van der Waals surface area contributed by atoms with Crippen LogP contribution in [0.3, 0.4) is 0 Å². The van der Waals surface area contributed by atoms with Crippen molar-refractivity contribution in [3.63, 3.8) is 0 Å². The third kappa shape index (κ3) is 4.72. The highest BCUT2D eigenvalue weighted by molar-refractivity contribution is 6.00. The summed E-state index contributed by atoms with van der Waals surface area (Å²) in [6.07, 6.45) is 0. The molecule has 1 heterocycles. The molecule has 8 nitrogen and oxygen atoms in total. The lowest BCUT2D eigenvalue weighted by atomic mass is 10.0. The Labute approximate surface area is 174 Å². The van der Waals surface area contributed by atoms with E-state index < -0.39 is 17.7 Å². The quantitative estimate of drug-likeness (QED) is 0.526. The summed E-state index contributed by atoms with van der Waals surface area (Å²) in [5, 5.41) is 23.7. The second kappa shape index (κ2) is 9.32. The van der Waals surface area contributed by atoms with Crippen LogP contribution in [-0.2, 0) is 0 Å². The van der Waals surface area contributed by atoms with Gasteiger partial charge < -0.3 is 25.3 Å². The van der Waals surface area contributed by atoms with E-state index in [2.05, 4.69) is 24.1 Å². The summed E-state index contributed by atoms with van der Waals surface area (Å²) < 4.78 is 0.637. The molecule has 3 aromatic rings. The first-order valence-electron chi connectivity index (χ1n) is 9.79. The largest absolute Gasteiger partial charge is 0.492 e. The smallest absolute Gasteiger partial charge is 0.363 e. The summed E-state index contributed by atoms with van der Waals surface area (Å²) in [4.78, 5) is 32.0. The molecule has 158 valence electrons. The Morgan fingerprint density at radius 1 is 0.933 bits per heavy atom. The molecule has 1 aromatic heterocycles. The molecule has 0 aliphatic carbocycles. The molecule has 1 amide bonds. The maximum absolute atomic E-state index is 12.4. The van der Waals surface area contributed by atoms with Crippen LogP contribution < -0.4 is 10.2 Å². The molecule has 3 N–H and O–H groups in total. The van der Waals surface area contributed by atoms with Gasteiger partial charge in [0.1, 0.15) is 0 Å². The van der Waals surface area contributed by atoms with Gasteiger partial charge in [-0.25, -0.2) is 4.79 Å². The summed E-state index contributed by atoms with van der Waals surface area (Å²) >= 11 is 0. The van der Waals surface area contributed by atoms with Gasteiger partial charge in [0.15, 0.2) is 0 Å². The van der Waals surface area contributed by atoms with E-state index >= 15 is 0 Å². The number of carbonyl (C=O) groups is 2. The van der Waals surface area contributed by atoms with Crippen molar-refractivity contribution in [1.29, 1.82) is 0 Å². The highest BCUT2D eigenvalue weighted by atomic mass is 16.7. The Bertz CT molecular complexity index is 1040. The molecule has 0 fully saturated rings. The first-order valence-corrected chi connectivity index (χ1v) is 9.79. The van der Waals surface area contributed by atoms with E-state index in [0.717, 1.165) is 30.4 Å². The Morgan fingerprint density at radius 2 is 1.50 bits per heavy atom. The number of benzene rings is 2. The average molecular weight is 411 g/mol. The zero-order valence-corrected chi connectivity index (χ0v) is 17.0. The van der Waals surface area contributed by atoms with Crippen molar-refractivity contribution in [3.05, 3.63) is 59.7 Å². The van der Waals surface area contributed by atoms with Gasteiger partial charge >= 0.3 is 5.97 Å². The standard InChI is InChI=1S/C22H25N3O5/c1-3-24(4-2)12-11-23-21(28)17-7-5-16-14-18(8-6-15(16)13-17)22(29)30-25-19(26)9-10-20(25)27/h5-10,13-14,26-27H,3-4,11-12H2,1-2H3,(H,23,28). The zero-order valence-electron chi connectivity index (χ0n) is 17.0. The minimum absolute atomic E-state index is 0.147. The fourth-order valence-electron chi connectivity index (χ4n) is 3.11. The van der Waals surface area contributed by atoms with Gasteiger partial charge in [-0.2, -0.15) is 0 Å². The van der Waals surface area contributed by atoms with Crippen LogP contribution in [0.4, 0.5) is 0 Å². The van der Waals surface area contributed by atoms with Crippen molar-refractivity contribution in [2.75, 3.05) is 26.2 Å². The number of fused-ring (bicyclic) bond motifs is 1. The lowest BCUT2D eigenvalue weighted by Crippen LogP contribution is -2.34. The third-order valence-electron chi connectivity index (χ3n) is 4.92. The Kier molecular flexibility index (Phi) is 6.58. The number of aromatic nitrogens is 1. The highest BCUT2D eigenvalue weighted by Gasteiger charge is 2.15. The number of aromatic hydroxyl groups is 2. The van der Waals surface area contributed by atoms with E-state index in [1.165, 1.54) is 12.1 Å². The molecule has 30 heavy (non-hydrogen) atoms. The van der Waals surface area contributed by atoms with Gasteiger partial charge in [-0.05, 0) is 48.1 Å². The van der Waals surface area contributed by atoms with Crippen LogP contribution in [0.5, 0.6) is 11.8 Å². The molecular formula is C22H25N3O5. The lowest BCUT2D eigenvalue weighted by Gasteiger charge is -2.18. The van der Waals surface area contributed by atoms with Gasteiger partial charge in [0.05, 0.1) is 5.56 Å². The minimum atomic E-state index is -0.739. The lowest BCUT2D eigenvalue weighted by molar-refractivity contribution is 0.0382. The Hall–Kier alpha value is -3.52. The van der Waals surface area contributed by atoms with Crippen molar-refractivity contribution >= 4 is 22.6 Å². The molecule has 0 spiro atoms. The summed E-state index contributed by atoms with van der Waals surface area (Å²) in [6, 6.07) is 12.5.